The first-order chi connectivity index (χ1) is 11.5. The maximum Gasteiger partial charge on any atom is 0.312 e. The van der Waals surface area contributed by atoms with E-state index in [9.17, 15) is 31.1 Å². The van der Waals surface area contributed by atoms with Crippen molar-refractivity contribution < 1.29 is 35.8 Å². The Morgan fingerprint density at radius 3 is 2.52 bits per heavy atom. The molecule has 134 valence electrons. The molecule has 1 aliphatic carbocycles. The van der Waals surface area contributed by atoms with E-state index in [0.717, 1.165) is 30.6 Å². The molecule has 3 N–H and O–H groups in total. The van der Waals surface area contributed by atoms with Crippen molar-refractivity contribution in [3.05, 3.63) is 47.5 Å². The molecule has 6 nitrogen and oxygen atoms in total. The number of primary sulfonamides is 1. The molecule has 2 aromatic rings. The fourth-order valence-corrected chi connectivity index (χ4v) is 3.36. The Balaban J connectivity index is 2.21. The summed E-state index contributed by atoms with van der Waals surface area (Å²) >= 11 is 0. The molecule has 25 heavy (non-hydrogen) atoms. The van der Waals surface area contributed by atoms with Gasteiger partial charge in [-0.2, -0.15) is 8.78 Å². The van der Waals surface area contributed by atoms with Crippen LogP contribution in [0.2, 0.25) is 0 Å². The number of hydrogen-bond acceptors (Lipinski definition) is 5. The van der Waals surface area contributed by atoms with Crippen molar-refractivity contribution >= 4 is 10.0 Å². The minimum absolute atomic E-state index is 0.234. The lowest BCUT2D eigenvalue weighted by Gasteiger charge is -2.16. The third kappa shape index (κ3) is 2.83. The molecule has 0 bridgehead atoms. The van der Waals surface area contributed by atoms with Crippen molar-refractivity contribution in [2.24, 2.45) is 5.14 Å². The van der Waals surface area contributed by atoms with Crippen LogP contribution in [0.5, 0.6) is 11.5 Å². The van der Waals surface area contributed by atoms with Crippen LogP contribution < -0.4 is 9.88 Å². The monoisotopic (exact) mass is 378 g/mol. The van der Waals surface area contributed by atoms with Gasteiger partial charge in [-0.1, -0.05) is 0 Å². The minimum Gasteiger partial charge on any atom is -0.455 e. The van der Waals surface area contributed by atoms with E-state index in [1.54, 1.807) is 0 Å². The number of fused-ring (bicyclic) bond motifs is 1. The smallest absolute Gasteiger partial charge is 0.312 e. The zero-order valence-corrected chi connectivity index (χ0v) is 13.0. The Morgan fingerprint density at radius 1 is 1.24 bits per heavy atom. The second-order valence-corrected chi connectivity index (χ2v) is 6.84. The molecule has 0 aliphatic heterocycles. The van der Waals surface area contributed by atoms with Gasteiger partial charge in [0.1, 0.15) is 23.4 Å². The molecule has 1 aromatic heterocycles. The van der Waals surface area contributed by atoms with Gasteiger partial charge in [0.05, 0.1) is 17.3 Å². The predicted molar refractivity (Wildman–Crippen MR) is 75.8 cm³/mol. The minimum atomic E-state index is -4.52. The SMILES string of the molecule is NS(=O)(=O)c1ccc(Oc2cncc(F)c2)c2c1[C@H](O)C(F)(F)[C@@H]2F. The number of hydrogen-bond donors (Lipinski definition) is 2. The summed E-state index contributed by atoms with van der Waals surface area (Å²) in [5, 5.41) is 14.7. The highest BCUT2D eigenvalue weighted by Gasteiger charge is 2.59. The first kappa shape index (κ1) is 17.6. The number of pyridine rings is 1. The summed E-state index contributed by atoms with van der Waals surface area (Å²) in [5.74, 6) is -5.83. The number of alkyl halides is 3. The lowest BCUT2D eigenvalue weighted by atomic mass is 10.1. The lowest BCUT2D eigenvalue weighted by Crippen LogP contribution is -2.25. The zero-order chi connectivity index (χ0) is 18.6. The highest BCUT2D eigenvalue weighted by molar-refractivity contribution is 7.89. The van der Waals surface area contributed by atoms with Crippen molar-refractivity contribution in [3.8, 4) is 11.5 Å². The van der Waals surface area contributed by atoms with E-state index in [4.69, 9.17) is 9.88 Å². The van der Waals surface area contributed by atoms with E-state index < -0.39 is 55.8 Å². The molecule has 1 aliphatic rings. The van der Waals surface area contributed by atoms with Crippen LogP contribution in [0, 0.1) is 5.82 Å². The van der Waals surface area contributed by atoms with Crippen molar-refractivity contribution in [3.63, 3.8) is 0 Å². The number of aliphatic hydroxyl groups excluding tert-OH is 1. The number of aliphatic hydroxyl groups is 1. The van der Waals surface area contributed by atoms with Crippen molar-refractivity contribution in [2.75, 3.05) is 0 Å². The van der Waals surface area contributed by atoms with E-state index in [1.807, 2.05) is 0 Å². The van der Waals surface area contributed by atoms with Gasteiger partial charge >= 0.3 is 5.92 Å². The highest BCUT2D eigenvalue weighted by atomic mass is 32.2. The average molecular weight is 378 g/mol. The highest BCUT2D eigenvalue weighted by Crippen LogP contribution is 2.57. The summed E-state index contributed by atoms with van der Waals surface area (Å²) in [6.45, 7) is 0. The van der Waals surface area contributed by atoms with Crippen LogP contribution in [0.15, 0.2) is 35.5 Å². The van der Waals surface area contributed by atoms with E-state index in [2.05, 4.69) is 4.98 Å². The first-order valence-corrected chi connectivity index (χ1v) is 8.26. The fourth-order valence-electron chi connectivity index (χ4n) is 2.58. The molecule has 0 radical (unpaired) electrons. The van der Waals surface area contributed by atoms with E-state index in [-0.39, 0.29) is 5.75 Å². The van der Waals surface area contributed by atoms with Crippen LogP contribution in [0.3, 0.4) is 0 Å². The Labute approximate surface area is 138 Å². The average Bonchev–Trinajstić information content (AvgIpc) is 2.68. The van der Waals surface area contributed by atoms with Gasteiger partial charge in [0.2, 0.25) is 10.0 Å². The van der Waals surface area contributed by atoms with Crippen LogP contribution in [0.25, 0.3) is 0 Å². The Kier molecular flexibility index (Phi) is 3.97. The second kappa shape index (κ2) is 5.64. The molecule has 0 saturated carbocycles. The first-order valence-electron chi connectivity index (χ1n) is 6.71. The van der Waals surface area contributed by atoms with Crippen LogP contribution >= 0.6 is 0 Å². The zero-order valence-electron chi connectivity index (χ0n) is 12.2. The Morgan fingerprint density at radius 2 is 1.92 bits per heavy atom. The molecule has 0 unspecified atom stereocenters. The summed E-state index contributed by atoms with van der Waals surface area (Å²) < 4.78 is 83.5. The van der Waals surface area contributed by atoms with Gasteiger partial charge in [-0.3, -0.25) is 4.98 Å². The Hall–Kier alpha value is -2.24. The standard InChI is InChI=1S/C14H10F4N2O4S/c15-6-3-7(5-20-4-6)24-8-1-2-9(25(19,22)23)11-10(8)12(16)14(17,18)13(11)21/h1-5,12-13,21H,(H2,19,22,23)/t12-,13+/m1/s1. The molecule has 2 atom stereocenters. The van der Waals surface area contributed by atoms with Crippen LogP contribution in [0.4, 0.5) is 17.6 Å². The number of nitrogens with two attached hydrogens (primary N) is 1. The molecular formula is C14H10F4N2O4S. The third-order valence-corrected chi connectivity index (χ3v) is 4.62. The number of sulfonamides is 1. The molecule has 0 amide bonds. The molecule has 1 aromatic carbocycles. The molecule has 0 saturated heterocycles. The maximum absolute atomic E-state index is 14.2. The number of ether oxygens (including phenoxy) is 1. The Bertz CT molecular complexity index is 952. The summed E-state index contributed by atoms with van der Waals surface area (Å²) in [5.41, 5.74) is -1.75. The van der Waals surface area contributed by atoms with Gasteiger partial charge in [-0.25, -0.2) is 22.3 Å². The van der Waals surface area contributed by atoms with Gasteiger partial charge in [-0.15, -0.1) is 0 Å². The van der Waals surface area contributed by atoms with E-state index in [0.29, 0.717) is 0 Å². The molecule has 0 spiro atoms. The maximum atomic E-state index is 14.2. The fraction of sp³-hybridized carbons (Fsp3) is 0.214. The predicted octanol–water partition coefficient (Wildman–Crippen LogP) is 2.35. The van der Waals surface area contributed by atoms with Crippen molar-refractivity contribution in [1.29, 1.82) is 0 Å². The number of halogens is 4. The van der Waals surface area contributed by atoms with Crippen molar-refractivity contribution in [2.45, 2.75) is 23.1 Å². The summed E-state index contributed by atoms with van der Waals surface area (Å²) in [6.07, 6.45) is -3.88. The second-order valence-electron chi connectivity index (χ2n) is 5.31. The summed E-state index contributed by atoms with van der Waals surface area (Å²) in [4.78, 5) is 2.64. The van der Waals surface area contributed by atoms with Crippen molar-refractivity contribution in [1.82, 2.24) is 4.98 Å². The van der Waals surface area contributed by atoms with Gasteiger partial charge in [0, 0.05) is 17.2 Å². The lowest BCUT2D eigenvalue weighted by molar-refractivity contribution is -0.143. The largest absolute Gasteiger partial charge is 0.455 e. The molecule has 0 fully saturated rings. The number of nitrogens with zero attached hydrogens (tertiary/aromatic N) is 1. The van der Waals surface area contributed by atoms with Crippen LogP contribution in [-0.4, -0.2) is 24.4 Å². The molecule has 11 heteroatoms. The summed E-state index contributed by atoms with van der Waals surface area (Å²) in [6, 6.07) is 2.56. The van der Waals surface area contributed by atoms with Gasteiger partial charge in [0.15, 0.2) is 6.17 Å². The van der Waals surface area contributed by atoms with Gasteiger partial charge in [0.25, 0.3) is 0 Å². The van der Waals surface area contributed by atoms with E-state index in [1.165, 1.54) is 0 Å². The topological polar surface area (TPSA) is 103 Å². The normalized spacial score (nSPS) is 21.8. The molecule has 1 heterocycles. The van der Waals surface area contributed by atoms with Gasteiger partial charge < -0.3 is 9.84 Å². The molecular weight excluding hydrogens is 368 g/mol. The van der Waals surface area contributed by atoms with Gasteiger partial charge in [-0.05, 0) is 12.1 Å². The molecule has 3 rings (SSSR count). The van der Waals surface area contributed by atoms with Crippen LogP contribution in [0.1, 0.15) is 23.4 Å². The third-order valence-electron chi connectivity index (χ3n) is 3.65. The number of benzene rings is 1. The summed E-state index contributed by atoms with van der Waals surface area (Å²) in [7, 11) is -4.52. The van der Waals surface area contributed by atoms with E-state index >= 15 is 0 Å². The quantitative estimate of drug-likeness (QED) is 0.799. The van der Waals surface area contributed by atoms with Crippen LogP contribution in [-0.2, 0) is 10.0 Å². The number of rotatable bonds is 3. The number of aromatic nitrogens is 1.